The summed E-state index contributed by atoms with van der Waals surface area (Å²) in [4.78, 5) is 14.8. The van der Waals surface area contributed by atoms with Gasteiger partial charge in [0.15, 0.2) is 0 Å². The molecular weight excluding hydrogens is 497 g/mol. The van der Waals surface area contributed by atoms with Gasteiger partial charge in [0, 0.05) is 26.2 Å². The fourth-order valence-electron chi connectivity index (χ4n) is 3.25. The molecule has 1 N–H and O–H groups in total. The molecule has 0 unspecified atom stereocenters. The number of rotatable bonds is 8. The van der Waals surface area contributed by atoms with Crippen LogP contribution in [-0.4, -0.2) is 58.3 Å². The first-order valence-corrected chi connectivity index (χ1v) is 12.9. The summed E-state index contributed by atoms with van der Waals surface area (Å²) >= 11 is 18.1. The van der Waals surface area contributed by atoms with E-state index in [0.717, 1.165) is 49.0 Å². The van der Waals surface area contributed by atoms with Crippen LogP contribution in [0.4, 0.5) is 5.69 Å². The summed E-state index contributed by atoms with van der Waals surface area (Å²) in [5.74, 6) is -0.477. The lowest BCUT2D eigenvalue weighted by atomic mass is 10.1. The van der Waals surface area contributed by atoms with Crippen LogP contribution in [0.1, 0.15) is 11.1 Å². The molecule has 32 heavy (non-hydrogen) atoms. The third kappa shape index (κ3) is 6.97. The van der Waals surface area contributed by atoms with Gasteiger partial charge in [0.05, 0.1) is 40.2 Å². The fourth-order valence-corrected chi connectivity index (χ4v) is 4.80. The molecular formula is C21H24Cl3N3O4S. The summed E-state index contributed by atoms with van der Waals surface area (Å²) in [6, 6.07) is 10.6. The molecule has 3 rings (SSSR count). The normalized spacial score (nSPS) is 14.9. The van der Waals surface area contributed by atoms with Gasteiger partial charge in [-0.2, -0.15) is 0 Å². The Labute approximate surface area is 203 Å². The molecule has 11 heteroatoms. The zero-order chi connectivity index (χ0) is 23.3. The van der Waals surface area contributed by atoms with Crippen molar-refractivity contribution >= 4 is 56.4 Å². The zero-order valence-corrected chi connectivity index (χ0v) is 20.6. The number of benzene rings is 2. The van der Waals surface area contributed by atoms with E-state index in [1.807, 2.05) is 24.3 Å². The van der Waals surface area contributed by atoms with Gasteiger partial charge in [0.1, 0.15) is 6.54 Å². The third-order valence-corrected chi connectivity index (χ3v) is 7.12. The molecule has 174 valence electrons. The first-order valence-electron chi connectivity index (χ1n) is 9.90. The molecule has 7 nitrogen and oxygen atoms in total. The predicted molar refractivity (Wildman–Crippen MR) is 128 cm³/mol. The number of halogens is 3. The number of carbonyl (C=O) groups is 1. The van der Waals surface area contributed by atoms with Gasteiger partial charge in [-0.15, -0.1) is 0 Å². The first-order chi connectivity index (χ1) is 15.1. The molecule has 2 aromatic carbocycles. The van der Waals surface area contributed by atoms with Crippen molar-refractivity contribution < 1.29 is 17.9 Å². The summed E-state index contributed by atoms with van der Waals surface area (Å²) in [6.07, 6.45) is 0.992. The molecule has 1 aliphatic rings. The maximum atomic E-state index is 12.5. The molecule has 0 saturated carbocycles. The molecule has 1 aliphatic heterocycles. The average Bonchev–Trinajstić information content (AvgIpc) is 2.74. The van der Waals surface area contributed by atoms with Crippen LogP contribution in [0.2, 0.25) is 15.1 Å². The smallest absolute Gasteiger partial charge is 0.241 e. The molecule has 0 aliphatic carbocycles. The van der Waals surface area contributed by atoms with Crippen LogP contribution < -0.4 is 9.62 Å². The van der Waals surface area contributed by atoms with E-state index < -0.39 is 22.5 Å². The summed E-state index contributed by atoms with van der Waals surface area (Å²) in [7, 11) is -3.80. The second-order valence-corrected chi connectivity index (χ2v) is 10.6. The number of ether oxygens (including phenoxy) is 1. The Morgan fingerprint density at radius 2 is 1.62 bits per heavy atom. The Bertz CT molecular complexity index is 1060. The number of nitrogens with zero attached hydrogens (tertiary/aromatic N) is 2. The van der Waals surface area contributed by atoms with Crippen LogP contribution in [0, 0.1) is 0 Å². The Hall–Kier alpha value is -1.55. The maximum absolute atomic E-state index is 12.5. The highest BCUT2D eigenvalue weighted by Gasteiger charge is 2.24. The summed E-state index contributed by atoms with van der Waals surface area (Å²) in [5.41, 5.74) is 2.17. The Morgan fingerprint density at radius 3 is 2.25 bits per heavy atom. The van der Waals surface area contributed by atoms with Crippen molar-refractivity contribution in [3.8, 4) is 0 Å². The lowest BCUT2D eigenvalue weighted by Gasteiger charge is -2.26. The SMILES string of the molecule is CS(=O)(=O)N(CC(=O)NCc1ccc(CN2CCOCC2)cc1)c1cc(Cl)c(Cl)cc1Cl. The summed E-state index contributed by atoms with van der Waals surface area (Å²) in [5, 5.41) is 3.15. The van der Waals surface area contributed by atoms with Crippen molar-refractivity contribution in [1.29, 1.82) is 0 Å². The highest BCUT2D eigenvalue weighted by molar-refractivity contribution is 7.92. The second kappa shape index (κ2) is 11.0. The van der Waals surface area contributed by atoms with Gasteiger partial charge >= 0.3 is 0 Å². The topological polar surface area (TPSA) is 79.0 Å². The van der Waals surface area contributed by atoms with Crippen molar-refractivity contribution in [3.05, 3.63) is 62.6 Å². The molecule has 1 fully saturated rings. The van der Waals surface area contributed by atoms with Crippen LogP contribution in [0.3, 0.4) is 0 Å². The van der Waals surface area contributed by atoms with Crippen molar-refractivity contribution in [1.82, 2.24) is 10.2 Å². The molecule has 1 amide bonds. The average molecular weight is 521 g/mol. The standard InChI is InChI=1S/C21H24Cl3N3O4S/c1-32(29,30)27(20-11-18(23)17(22)10-19(20)24)14-21(28)25-12-15-2-4-16(5-3-15)13-26-6-8-31-9-7-26/h2-5,10-11H,6-9,12-14H2,1H3,(H,25,28). The summed E-state index contributed by atoms with van der Waals surface area (Å²) < 4.78 is 30.8. The third-order valence-electron chi connectivity index (χ3n) is 4.97. The molecule has 0 aromatic heterocycles. The van der Waals surface area contributed by atoms with E-state index in [9.17, 15) is 13.2 Å². The Kier molecular flexibility index (Phi) is 8.66. The highest BCUT2D eigenvalue weighted by atomic mass is 35.5. The minimum atomic E-state index is -3.80. The minimum Gasteiger partial charge on any atom is -0.379 e. The maximum Gasteiger partial charge on any atom is 0.241 e. The largest absolute Gasteiger partial charge is 0.379 e. The van der Waals surface area contributed by atoms with E-state index in [-0.39, 0.29) is 27.3 Å². The van der Waals surface area contributed by atoms with E-state index in [1.165, 1.54) is 17.7 Å². The lowest BCUT2D eigenvalue weighted by Crippen LogP contribution is -2.40. The number of morpholine rings is 1. The number of carbonyl (C=O) groups excluding carboxylic acids is 1. The summed E-state index contributed by atoms with van der Waals surface area (Å²) in [6.45, 7) is 4.01. The molecule has 1 saturated heterocycles. The van der Waals surface area contributed by atoms with Crippen molar-refractivity contribution in [2.45, 2.75) is 13.1 Å². The van der Waals surface area contributed by atoms with Gasteiger partial charge < -0.3 is 10.1 Å². The van der Waals surface area contributed by atoms with Crippen LogP contribution in [0.5, 0.6) is 0 Å². The minimum absolute atomic E-state index is 0.0773. The molecule has 0 spiro atoms. The number of nitrogens with one attached hydrogen (secondary N) is 1. The van der Waals surface area contributed by atoms with Crippen LogP contribution in [0.25, 0.3) is 0 Å². The predicted octanol–water partition coefficient (Wildman–Crippen LogP) is 3.56. The molecule has 0 radical (unpaired) electrons. The van der Waals surface area contributed by atoms with E-state index in [4.69, 9.17) is 39.5 Å². The van der Waals surface area contributed by atoms with Gasteiger partial charge in [0.2, 0.25) is 15.9 Å². The first kappa shape index (κ1) is 25.1. The molecule has 0 atom stereocenters. The molecule has 1 heterocycles. The van der Waals surface area contributed by atoms with Crippen LogP contribution in [0.15, 0.2) is 36.4 Å². The quantitative estimate of drug-likeness (QED) is 0.539. The monoisotopic (exact) mass is 519 g/mol. The number of sulfonamides is 1. The van der Waals surface area contributed by atoms with Crippen LogP contribution in [-0.2, 0) is 32.6 Å². The fraction of sp³-hybridized carbons (Fsp3) is 0.381. The van der Waals surface area contributed by atoms with E-state index >= 15 is 0 Å². The number of hydrogen-bond acceptors (Lipinski definition) is 5. The number of anilines is 1. The molecule has 0 bridgehead atoms. The van der Waals surface area contributed by atoms with Crippen molar-refractivity contribution in [2.24, 2.45) is 0 Å². The van der Waals surface area contributed by atoms with Crippen LogP contribution >= 0.6 is 34.8 Å². The Morgan fingerprint density at radius 1 is 1.03 bits per heavy atom. The van der Waals surface area contributed by atoms with Crippen molar-refractivity contribution in [2.75, 3.05) is 43.4 Å². The van der Waals surface area contributed by atoms with Gasteiger partial charge in [-0.3, -0.25) is 14.0 Å². The molecule has 2 aromatic rings. The van der Waals surface area contributed by atoms with Crippen molar-refractivity contribution in [3.63, 3.8) is 0 Å². The van der Waals surface area contributed by atoms with Gasteiger partial charge in [-0.1, -0.05) is 59.1 Å². The van der Waals surface area contributed by atoms with E-state index in [0.29, 0.717) is 0 Å². The Balaban J connectivity index is 1.60. The highest BCUT2D eigenvalue weighted by Crippen LogP contribution is 2.35. The zero-order valence-electron chi connectivity index (χ0n) is 17.5. The van der Waals surface area contributed by atoms with Gasteiger partial charge in [-0.25, -0.2) is 8.42 Å². The van der Waals surface area contributed by atoms with E-state index in [1.54, 1.807) is 0 Å². The van der Waals surface area contributed by atoms with Gasteiger partial charge in [-0.05, 0) is 23.3 Å². The number of amides is 1. The van der Waals surface area contributed by atoms with Gasteiger partial charge in [0.25, 0.3) is 0 Å². The number of hydrogen-bond donors (Lipinski definition) is 1. The lowest BCUT2D eigenvalue weighted by molar-refractivity contribution is -0.119. The van der Waals surface area contributed by atoms with E-state index in [2.05, 4.69) is 10.2 Å². The second-order valence-electron chi connectivity index (χ2n) is 7.47.